The van der Waals surface area contributed by atoms with Crippen molar-refractivity contribution in [3.05, 3.63) is 41.5 Å². The van der Waals surface area contributed by atoms with E-state index in [4.69, 9.17) is 28.4 Å². The van der Waals surface area contributed by atoms with Crippen molar-refractivity contribution in [2.75, 3.05) is 55.2 Å². The number of rotatable bonds is 9. The summed E-state index contributed by atoms with van der Waals surface area (Å²) < 4.78 is 36.3. The molecule has 1 spiro atoms. The molecule has 6 aliphatic rings. The fourth-order valence-electron chi connectivity index (χ4n) is 11.3. The zero-order valence-corrected chi connectivity index (χ0v) is 25.9. The van der Waals surface area contributed by atoms with Crippen LogP contribution in [0.4, 0.5) is 0 Å². The predicted octanol–water partition coefficient (Wildman–Crippen LogP) is 1.92. The molecule has 1 saturated heterocycles. The van der Waals surface area contributed by atoms with Crippen LogP contribution in [0.3, 0.4) is 0 Å². The van der Waals surface area contributed by atoms with E-state index in [1.807, 2.05) is 0 Å². The third kappa shape index (κ3) is 3.51. The number of aliphatic hydroxyl groups excluding tert-OH is 1. The highest BCUT2D eigenvalue weighted by Gasteiger charge is 2.85. The van der Waals surface area contributed by atoms with E-state index in [9.17, 15) is 15.0 Å². The molecule has 7 bridgehead atoms. The van der Waals surface area contributed by atoms with E-state index in [0.717, 1.165) is 12.1 Å². The first-order chi connectivity index (χ1) is 20.7. The Hall–Kier alpha value is -2.05. The van der Waals surface area contributed by atoms with Gasteiger partial charge in [-0.3, -0.25) is 4.90 Å². The summed E-state index contributed by atoms with van der Waals surface area (Å²) in [5.74, 6) is -0.341. The summed E-state index contributed by atoms with van der Waals surface area (Å²) in [7, 11) is 8.38. The van der Waals surface area contributed by atoms with E-state index >= 15 is 0 Å². The Labute approximate surface area is 253 Å². The van der Waals surface area contributed by atoms with E-state index in [1.165, 1.54) is 0 Å². The summed E-state index contributed by atoms with van der Waals surface area (Å²) in [4.78, 5) is 16.2. The Bertz CT molecular complexity index is 1290. The Morgan fingerprint density at radius 1 is 1.05 bits per heavy atom. The molecule has 0 aromatic heterocycles. The number of hydrogen-bond acceptors (Lipinski definition) is 10. The zero-order chi connectivity index (χ0) is 30.5. The molecule has 13 atom stereocenters. The molecule has 1 aliphatic heterocycles. The van der Waals surface area contributed by atoms with Crippen molar-refractivity contribution in [1.82, 2.24) is 4.90 Å². The molecule has 0 amide bonds. The number of methoxy groups -OCH3 is 5. The molecule has 236 valence electrons. The molecule has 4 saturated carbocycles. The van der Waals surface area contributed by atoms with Crippen LogP contribution in [0.5, 0.6) is 5.75 Å². The quantitative estimate of drug-likeness (QED) is 0.322. The number of carbonyl (C=O) groups is 1. The van der Waals surface area contributed by atoms with Crippen LogP contribution >= 0.6 is 0 Å². The first kappa shape index (κ1) is 29.6. The molecule has 0 radical (unpaired) electrons. The third-order valence-corrected chi connectivity index (χ3v) is 12.5. The largest absolute Gasteiger partial charge is 0.497 e. The number of ether oxygens (including phenoxy) is 6. The Morgan fingerprint density at radius 3 is 2.40 bits per heavy atom. The van der Waals surface area contributed by atoms with Gasteiger partial charge >= 0.3 is 5.97 Å². The number of hydrogen-bond donors (Lipinski definition) is 2. The second-order valence-corrected chi connectivity index (χ2v) is 13.6. The van der Waals surface area contributed by atoms with Crippen LogP contribution < -0.4 is 4.74 Å². The van der Waals surface area contributed by atoms with Gasteiger partial charge < -0.3 is 38.6 Å². The zero-order valence-electron chi connectivity index (χ0n) is 25.9. The lowest BCUT2D eigenvalue weighted by Crippen LogP contribution is -2.76. The molecule has 2 N–H and O–H groups in total. The van der Waals surface area contributed by atoms with Crippen LogP contribution in [-0.2, 0) is 23.7 Å². The molecule has 1 aromatic carbocycles. The van der Waals surface area contributed by atoms with E-state index in [0.29, 0.717) is 37.3 Å². The van der Waals surface area contributed by atoms with Gasteiger partial charge in [-0.1, -0.05) is 18.6 Å². The van der Waals surface area contributed by atoms with Gasteiger partial charge in [-0.15, -0.1) is 0 Å². The highest BCUT2D eigenvalue weighted by molar-refractivity contribution is 5.89. The third-order valence-electron chi connectivity index (χ3n) is 12.5. The number of esters is 1. The average Bonchev–Trinajstić information content (AvgIpc) is 3.36. The molecular weight excluding hydrogens is 554 g/mol. The van der Waals surface area contributed by atoms with Gasteiger partial charge in [-0.25, -0.2) is 4.79 Å². The van der Waals surface area contributed by atoms with Crippen LogP contribution in [0.25, 0.3) is 0 Å². The van der Waals surface area contributed by atoms with Gasteiger partial charge in [0.25, 0.3) is 0 Å². The van der Waals surface area contributed by atoms with Gasteiger partial charge in [-0.2, -0.15) is 0 Å². The molecule has 5 fully saturated rings. The lowest BCUT2D eigenvalue weighted by molar-refractivity contribution is -0.275. The molecule has 1 heterocycles. The monoisotopic (exact) mass is 599 g/mol. The summed E-state index contributed by atoms with van der Waals surface area (Å²) in [6.45, 7) is 4.05. The van der Waals surface area contributed by atoms with Gasteiger partial charge in [0, 0.05) is 76.0 Å². The second kappa shape index (κ2) is 10.2. The smallest absolute Gasteiger partial charge is 0.338 e. The molecule has 1 aromatic rings. The van der Waals surface area contributed by atoms with Crippen molar-refractivity contribution < 1.29 is 43.4 Å². The minimum atomic E-state index is -1.43. The normalized spacial score (nSPS) is 47.3. The summed E-state index contributed by atoms with van der Waals surface area (Å²) in [5, 5.41) is 24.4. The van der Waals surface area contributed by atoms with Crippen molar-refractivity contribution in [3.8, 4) is 5.75 Å². The van der Waals surface area contributed by atoms with Gasteiger partial charge in [0.15, 0.2) is 0 Å². The van der Waals surface area contributed by atoms with Crippen molar-refractivity contribution >= 4 is 5.97 Å². The minimum absolute atomic E-state index is 0.0552. The van der Waals surface area contributed by atoms with Crippen LogP contribution in [-0.4, -0.2) is 118 Å². The maximum atomic E-state index is 13.7. The van der Waals surface area contributed by atoms with Gasteiger partial charge in [0.05, 0.1) is 37.6 Å². The van der Waals surface area contributed by atoms with Crippen LogP contribution in [0.1, 0.15) is 30.1 Å². The lowest BCUT2D eigenvalue weighted by Gasteiger charge is -2.68. The van der Waals surface area contributed by atoms with E-state index in [1.54, 1.807) is 59.8 Å². The minimum Gasteiger partial charge on any atom is -0.497 e. The SMILES string of the molecule is CCN1C[C@]2(COC)C(O)C[C@H](OC)[C@@]34[C@@H]5C[C@@]6(O)[C@@H](OC)C=C([C@H]5[C@H]6OC(=O)c5ccc(OC)cc5)[C@@H]([C@H](OC)[C@H]23)[C@@H]14. The number of nitrogens with zero attached hydrogens (tertiary/aromatic N) is 1. The van der Waals surface area contributed by atoms with Crippen LogP contribution in [0.2, 0.25) is 0 Å². The number of piperidine rings is 1. The van der Waals surface area contributed by atoms with Crippen LogP contribution in [0.15, 0.2) is 35.9 Å². The van der Waals surface area contributed by atoms with Crippen LogP contribution in [0, 0.1) is 34.5 Å². The van der Waals surface area contributed by atoms with Crippen molar-refractivity contribution in [3.63, 3.8) is 0 Å². The fraction of sp³-hybridized carbons (Fsp3) is 0.727. The first-order valence-electron chi connectivity index (χ1n) is 15.5. The Balaban J connectivity index is 1.40. The van der Waals surface area contributed by atoms with E-state index in [2.05, 4.69) is 17.9 Å². The number of likely N-dealkylation sites (tertiary alicyclic amines) is 1. The highest BCUT2D eigenvalue weighted by Crippen LogP contribution is 2.78. The highest BCUT2D eigenvalue weighted by atomic mass is 16.6. The molecule has 43 heavy (non-hydrogen) atoms. The predicted molar refractivity (Wildman–Crippen MR) is 155 cm³/mol. The molecule has 5 aliphatic carbocycles. The molecule has 10 heteroatoms. The molecular formula is C33H45NO9. The summed E-state index contributed by atoms with van der Waals surface area (Å²) in [6.07, 6.45) is 0.317. The summed E-state index contributed by atoms with van der Waals surface area (Å²) in [5.41, 5.74) is -0.976. The van der Waals surface area contributed by atoms with Crippen molar-refractivity contribution in [2.24, 2.45) is 34.5 Å². The topological polar surface area (TPSA) is 116 Å². The average molecular weight is 600 g/mol. The van der Waals surface area contributed by atoms with Crippen molar-refractivity contribution in [2.45, 2.75) is 61.9 Å². The summed E-state index contributed by atoms with van der Waals surface area (Å²) >= 11 is 0. The van der Waals surface area contributed by atoms with Crippen molar-refractivity contribution in [1.29, 1.82) is 0 Å². The second-order valence-electron chi connectivity index (χ2n) is 13.6. The Kier molecular flexibility index (Phi) is 7.06. The molecule has 7 rings (SSSR count). The fourth-order valence-corrected chi connectivity index (χ4v) is 11.3. The van der Waals surface area contributed by atoms with Gasteiger partial charge in [-0.05, 0) is 43.1 Å². The van der Waals surface area contributed by atoms with Gasteiger partial charge in [0.1, 0.15) is 23.6 Å². The first-order valence-corrected chi connectivity index (χ1v) is 15.5. The number of aliphatic hydroxyl groups is 2. The maximum Gasteiger partial charge on any atom is 0.338 e. The molecule has 1 unspecified atom stereocenters. The Morgan fingerprint density at radius 2 is 1.79 bits per heavy atom. The summed E-state index contributed by atoms with van der Waals surface area (Å²) in [6, 6.07) is 6.88. The molecule has 10 nitrogen and oxygen atoms in total. The number of benzene rings is 1. The number of carbonyl (C=O) groups excluding carboxylic acids is 1. The van der Waals surface area contributed by atoms with E-state index in [-0.39, 0.29) is 41.9 Å². The van der Waals surface area contributed by atoms with Gasteiger partial charge in [0.2, 0.25) is 0 Å². The maximum absolute atomic E-state index is 13.7. The standard InChI is InChI=1S/C33H45NO9/c1-7-34-15-31(16-38-2)21(35)13-23(41-5)33-20-14-32(37)22(40-4)12-19(25(28(33)34)26(42-6)27(31)33)24(20)29(32)43-30(36)17-8-10-18(39-3)11-9-17/h8-12,20-29,35,37H,7,13-16H2,1-6H3/t20-,21?,22+,23+,24-,25+,26+,27-,28-,29-,31+,32-,33+/m1/s1. The lowest BCUT2D eigenvalue weighted by atomic mass is 9.43. The number of fused-ring (bicyclic) bond motifs is 2. The van der Waals surface area contributed by atoms with E-state index < -0.39 is 40.7 Å².